The van der Waals surface area contributed by atoms with Crippen LogP contribution in [0, 0.1) is 5.92 Å². The first-order chi connectivity index (χ1) is 11.0. The maximum atomic E-state index is 12.9. The Hall–Kier alpha value is -1.88. The number of amides is 2. The van der Waals surface area contributed by atoms with Gasteiger partial charge in [-0.1, -0.05) is 44.2 Å². The number of benzene rings is 1. The zero-order valence-electron chi connectivity index (χ0n) is 14.2. The Labute approximate surface area is 138 Å². The van der Waals surface area contributed by atoms with Gasteiger partial charge >= 0.3 is 0 Å². The first-order valence-electron chi connectivity index (χ1n) is 8.30. The summed E-state index contributed by atoms with van der Waals surface area (Å²) in [5.41, 5.74) is 0.826. The fourth-order valence-electron chi connectivity index (χ4n) is 2.88. The van der Waals surface area contributed by atoms with Gasteiger partial charge in [-0.3, -0.25) is 9.59 Å². The molecule has 0 aromatic heterocycles. The van der Waals surface area contributed by atoms with Crippen molar-refractivity contribution in [2.75, 3.05) is 20.1 Å². The van der Waals surface area contributed by atoms with Gasteiger partial charge in [-0.05, 0) is 24.4 Å². The van der Waals surface area contributed by atoms with Gasteiger partial charge in [0.2, 0.25) is 11.8 Å². The lowest BCUT2D eigenvalue weighted by Crippen LogP contribution is -2.46. The highest BCUT2D eigenvalue weighted by Crippen LogP contribution is 2.19. The number of rotatable bonds is 6. The number of nitrogens with zero attached hydrogens (tertiary/aromatic N) is 1. The lowest BCUT2D eigenvalue weighted by molar-refractivity contribution is -0.137. The van der Waals surface area contributed by atoms with Gasteiger partial charge in [-0.25, -0.2) is 0 Å². The smallest absolute Gasteiger partial charge is 0.249 e. The summed E-state index contributed by atoms with van der Waals surface area (Å²) in [6, 6.07) is 9.04. The summed E-state index contributed by atoms with van der Waals surface area (Å²) in [4.78, 5) is 26.9. The summed E-state index contributed by atoms with van der Waals surface area (Å²) in [6.07, 6.45) is 1.37. The Bertz CT molecular complexity index is 524. The van der Waals surface area contributed by atoms with Gasteiger partial charge in [0.05, 0.1) is 0 Å². The fraction of sp³-hybridized carbons (Fsp3) is 0.556. The van der Waals surface area contributed by atoms with Crippen molar-refractivity contribution in [2.45, 2.75) is 38.8 Å². The van der Waals surface area contributed by atoms with Gasteiger partial charge in [-0.15, -0.1) is 0 Å². The van der Waals surface area contributed by atoms with E-state index in [0.717, 1.165) is 25.1 Å². The molecule has 23 heavy (non-hydrogen) atoms. The van der Waals surface area contributed by atoms with Gasteiger partial charge in [0, 0.05) is 26.1 Å². The predicted molar refractivity (Wildman–Crippen MR) is 90.8 cm³/mol. The van der Waals surface area contributed by atoms with Crippen LogP contribution >= 0.6 is 0 Å². The molecule has 1 fully saturated rings. The van der Waals surface area contributed by atoms with Crippen LogP contribution in [-0.4, -0.2) is 42.9 Å². The molecule has 1 aliphatic heterocycles. The zero-order valence-corrected chi connectivity index (χ0v) is 14.2. The first kappa shape index (κ1) is 17.5. The van der Waals surface area contributed by atoms with Gasteiger partial charge < -0.3 is 15.5 Å². The topological polar surface area (TPSA) is 61.4 Å². The molecule has 1 heterocycles. The summed E-state index contributed by atoms with van der Waals surface area (Å²) in [6.45, 7) is 5.73. The minimum absolute atomic E-state index is 0.0537. The molecular formula is C18H27N3O2. The number of hydrogen-bond donors (Lipinski definition) is 2. The van der Waals surface area contributed by atoms with Crippen molar-refractivity contribution in [2.24, 2.45) is 5.92 Å². The van der Waals surface area contributed by atoms with E-state index in [1.807, 2.05) is 51.2 Å². The largest absolute Gasteiger partial charge is 0.341 e. The molecule has 0 bridgehead atoms. The number of likely N-dealkylation sites (N-methyl/N-ethyl adjacent to an activating group) is 1. The van der Waals surface area contributed by atoms with Crippen molar-refractivity contribution >= 4 is 11.8 Å². The minimum atomic E-state index is -0.618. The third-order valence-electron chi connectivity index (χ3n) is 4.21. The second-order valence-electron chi connectivity index (χ2n) is 6.60. The predicted octanol–water partition coefficient (Wildman–Crippen LogP) is 1.71. The van der Waals surface area contributed by atoms with Crippen molar-refractivity contribution in [1.29, 1.82) is 0 Å². The molecule has 2 N–H and O–H groups in total. The molecular weight excluding hydrogens is 290 g/mol. The maximum absolute atomic E-state index is 12.9. The van der Waals surface area contributed by atoms with Crippen molar-refractivity contribution in [3.63, 3.8) is 0 Å². The highest BCUT2D eigenvalue weighted by molar-refractivity contribution is 5.88. The molecule has 2 atom stereocenters. The minimum Gasteiger partial charge on any atom is -0.341 e. The average Bonchev–Trinajstić information content (AvgIpc) is 3.06. The Balaban J connectivity index is 2.15. The number of nitrogens with one attached hydrogen (secondary N) is 2. The van der Waals surface area contributed by atoms with E-state index in [4.69, 9.17) is 0 Å². The van der Waals surface area contributed by atoms with Crippen LogP contribution in [0.4, 0.5) is 0 Å². The van der Waals surface area contributed by atoms with E-state index in [0.29, 0.717) is 6.42 Å². The van der Waals surface area contributed by atoms with Crippen molar-refractivity contribution in [1.82, 2.24) is 15.5 Å². The average molecular weight is 317 g/mol. The molecule has 1 aliphatic rings. The standard InChI is InChI=1S/C18H27N3O2/c1-13(2)11-16(22)20-17(14-7-5-4-6-8-14)18(23)21(3)15-9-10-19-12-15/h4-8,13,15,17,19H,9-12H2,1-3H3,(H,20,22). The molecule has 0 saturated carbocycles. The van der Waals surface area contributed by atoms with Crippen molar-refractivity contribution < 1.29 is 9.59 Å². The summed E-state index contributed by atoms with van der Waals surface area (Å²) < 4.78 is 0. The summed E-state index contributed by atoms with van der Waals surface area (Å²) in [5.74, 6) is 0.125. The monoisotopic (exact) mass is 317 g/mol. The number of carbonyl (C=O) groups is 2. The number of hydrogen-bond acceptors (Lipinski definition) is 3. The third kappa shape index (κ3) is 4.79. The fourth-order valence-corrected chi connectivity index (χ4v) is 2.88. The molecule has 2 unspecified atom stereocenters. The zero-order chi connectivity index (χ0) is 16.8. The molecule has 1 aromatic rings. The van der Waals surface area contributed by atoms with E-state index >= 15 is 0 Å². The van der Waals surface area contributed by atoms with Crippen LogP contribution < -0.4 is 10.6 Å². The van der Waals surface area contributed by atoms with Crippen LogP contribution in [0.2, 0.25) is 0 Å². The highest BCUT2D eigenvalue weighted by atomic mass is 16.2. The summed E-state index contributed by atoms with van der Waals surface area (Å²) in [7, 11) is 1.82. The Morgan fingerprint density at radius 2 is 2.00 bits per heavy atom. The van der Waals surface area contributed by atoms with E-state index in [1.165, 1.54) is 0 Å². The Morgan fingerprint density at radius 3 is 2.57 bits per heavy atom. The summed E-state index contributed by atoms with van der Waals surface area (Å²) in [5, 5.41) is 6.19. The van der Waals surface area contributed by atoms with Crippen molar-refractivity contribution in [3.8, 4) is 0 Å². The summed E-state index contributed by atoms with van der Waals surface area (Å²) >= 11 is 0. The van der Waals surface area contributed by atoms with Crippen LogP contribution in [-0.2, 0) is 9.59 Å². The van der Waals surface area contributed by atoms with Crippen LogP contribution in [0.5, 0.6) is 0 Å². The molecule has 0 spiro atoms. The quantitative estimate of drug-likeness (QED) is 0.840. The molecule has 2 rings (SSSR count). The van der Waals surface area contributed by atoms with Gasteiger partial charge in [0.1, 0.15) is 6.04 Å². The van der Waals surface area contributed by atoms with E-state index < -0.39 is 6.04 Å². The molecule has 126 valence electrons. The normalized spacial score (nSPS) is 18.7. The molecule has 0 radical (unpaired) electrons. The SMILES string of the molecule is CC(C)CC(=O)NC(C(=O)N(C)C1CCNC1)c1ccccc1. The van der Waals surface area contributed by atoms with Crippen LogP contribution in [0.25, 0.3) is 0 Å². The third-order valence-corrected chi connectivity index (χ3v) is 4.21. The van der Waals surface area contributed by atoms with E-state index in [-0.39, 0.29) is 23.8 Å². The molecule has 1 saturated heterocycles. The lowest BCUT2D eigenvalue weighted by Gasteiger charge is -2.29. The molecule has 5 heteroatoms. The molecule has 1 aromatic carbocycles. The van der Waals surface area contributed by atoms with E-state index in [1.54, 1.807) is 4.90 Å². The van der Waals surface area contributed by atoms with Crippen LogP contribution in [0.3, 0.4) is 0 Å². The highest BCUT2D eigenvalue weighted by Gasteiger charge is 2.30. The second kappa shape index (κ2) is 8.11. The number of carbonyl (C=O) groups excluding carboxylic acids is 2. The van der Waals surface area contributed by atoms with Gasteiger partial charge in [-0.2, -0.15) is 0 Å². The van der Waals surface area contributed by atoms with Gasteiger partial charge in [0.15, 0.2) is 0 Å². The maximum Gasteiger partial charge on any atom is 0.249 e. The second-order valence-corrected chi connectivity index (χ2v) is 6.60. The van der Waals surface area contributed by atoms with Crippen LogP contribution in [0.15, 0.2) is 30.3 Å². The Morgan fingerprint density at radius 1 is 1.30 bits per heavy atom. The first-order valence-corrected chi connectivity index (χ1v) is 8.30. The van der Waals surface area contributed by atoms with Crippen molar-refractivity contribution in [3.05, 3.63) is 35.9 Å². The van der Waals surface area contributed by atoms with Crippen LogP contribution in [0.1, 0.15) is 38.3 Å². The lowest BCUT2D eigenvalue weighted by atomic mass is 10.0. The van der Waals surface area contributed by atoms with E-state index in [9.17, 15) is 9.59 Å². The molecule has 0 aliphatic carbocycles. The van der Waals surface area contributed by atoms with E-state index in [2.05, 4.69) is 10.6 Å². The van der Waals surface area contributed by atoms with Gasteiger partial charge in [0.25, 0.3) is 0 Å². The Kier molecular flexibility index (Phi) is 6.16. The molecule has 2 amide bonds. The molecule has 5 nitrogen and oxygen atoms in total.